The van der Waals surface area contributed by atoms with Crippen LogP contribution in [0, 0.1) is 0 Å². The second-order valence-electron chi connectivity index (χ2n) is 7.30. The second kappa shape index (κ2) is 9.57. The number of anilines is 2. The molecule has 0 amide bonds. The van der Waals surface area contributed by atoms with Gasteiger partial charge in [-0.3, -0.25) is 0 Å². The molecule has 30 heavy (non-hydrogen) atoms. The maximum absolute atomic E-state index is 6.15. The molecule has 0 spiro atoms. The van der Waals surface area contributed by atoms with Gasteiger partial charge in [-0.15, -0.1) is 0 Å². The zero-order valence-corrected chi connectivity index (χ0v) is 18.6. The predicted molar refractivity (Wildman–Crippen MR) is 123 cm³/mol. The number of methoxy groups -OCH3 is 2. The van der Waals surface area contributed by atoms with Gasteiger partial charge in [0.05, 0.1) is 19.9 Å². The maximum Gasteiger partial charge on any atom is 0.200 e. The van der Waals surface area contributed by atoms with E-state index in [0.717, 1.165) is 42.2 Å². The van der Waals surface area contributed by atoms with Crippen LogP contribution >= 0.6 is 0 Å². The Hall–Kier alpha value is -3.15. The molecule has 0 aliphatic heterocycles. The molecule has 6 nitrogen and oxygen atoms in total. The van der Waals surface area contributed by atoms with Gasteiger partial charge >= 0.3 is 0 Å². The monoisotopic (exact) mass is 408 g/mol. The van der Waals surface area contributed by atoms with Crippen molar-refractivity contribution in [2.75, 3.05) is 37.9 Å². The van der Waals surface area contributed by atoms with Gasteiger partial charge in [-0.05, 0) is 49.2 Å². The molecule has 0 saturated carbocycles. The molecule has 0 fully saturated rings. The van der Waals surface area contributed by atoms with E-state index in [9.17, 15) is 0 Å². The van der Waals surface area contributed by atoms with Crippen LogP contribution < -0.4 is 20.1 Å². The van der Waals surface area contributed by atoms with Crippen molar-refractivity contribution in [3.8, 4) is 11.5 Å². The van der Waals surface area contributed by atoms with Crippen LogP contribution in [-0.4, -0.2) is 36.9 Å². The van der Waals surface area contributed by atoms with Crippen molar-refractivity contribution in [1.29, 1.82) is 0 Å². The van der Waals surface area contributed by atoms with Gasteiger partial charge in [0.1, 0.15) is 0 Å². The van der Waals surface area contributed by atoms with Crippen molar-refractivity contribution in [2.45, 2.75) is 26.7 Å². The van der Waals surface area contributed by atoms with Crippen molar-refractivity contribution in [2.24, 2.45) is 7.05 Å². The SMILES string of the molecule is CCN(CC)c1ccc(Cc2c(Cc3ccc(OC)c(OC)c3)nc(N)n2C)cc1. The third kappa shape index (κ3) is 4.53. The van der Waals surface area contributed by atoms with Gasteiger partial charge < -0.3 is 24.7 Å². The smallest absolute Gasteiger partial charge is 0.200 e. The number of ether oxygens (including phenoxy) is 2. The highest BCUT2D eigenvalue weighted by Crippen LogP contribution is 2.29. The van der Waals surface area contributed by atoms with Gasteiger partial charge in [-0.2, -0.15) is 0 Å². The summed E-state index contributed by atoms with van der Waals surface area (Å²) in [4.78, 5) is 6.97. The Kier molecular flexibility index (Phi) is 6.87. The van der Waals surface area contributed by atoms with E-state index in [1.165, 1.54) is 11.3 Å². The molecule has 3 aromatic rings. The van der Waals surface area contributed by atoms with Gasteiger partial charge in [-0.1, -0.05) is 18.2 Å². The van der Waals surface area contributed by atoms with E-state index in [-0.39, 0.29) is 0 Å². The Balaban J connectivity index is 1.85. The summed E-state index contributed by atoms with van der Waals surface area (Å²) in [6.07, 6.45) is 1.46. The number of aromatic nitrogens is 2. The molecule has 1 heterocycles. The molecular weight excluding hydrogens is 376 g/mol. The summed E-state index contributed by atoms with van der Waals surface area (Å²) >= 11 is 0. The van der Waals surface area contributed by atoms with E-state index in [2.05, 4.69) is 48.0 Å². The Morgan fingerprint density at radius 2 is 1.53 bits per heavy atom. The van der Waals surface area contributed by atoms with E-state index in [1.54, 1.807) is 14.2 Å². The van der Waals surface area contributed by atoms with E-state index in [0.29, 0.717) is 18.1 Å². The van der Waals surface area contributed by atoms with E-state index in [1.807, 2.05) is 29.8 Å². The van der Waals surface area contributed by atoms with Gasteiger partial charge in [-0.25, -0.2) is 4.98 Å². The standard InChI is InChI=1S/C24H32N4O2/c1-6-28(7-2)19-11-8-17(9-12-19)15-21-20(26-24(25)27(21)3)14-18-10-13-22(29-4)23(16-18)30-5/h8-13,16H,6-7,14-15H2,1-5H3,(H2,25,26). The second-order valence-corrected chi connectivity index (χ2v) is 7.30. The number of imidazole rings is 1. The average Bonchev–Trinajstić information content (AvgIpc) is 3.03. The number of rotatable bonds is 9. The van der Waals surface area contributed by atoms with Gasteiger partial charge in [0, 0.05) is 44.4 Å². The summed E-state index contributed by atoms with van der Waals surface area (Å²) in [5.41, 5.74) is 11.8. The summed E-state index contributed by atoms with van der Waals surface area (Å²) in [6.45, 7) is 6.36. The fraction of sp³-hybridized carbons (Fsp3) is 0.375. The Morgan fingerprint density at radius 1 is 0.900 bits per heavy atom. The molecule has 0 saturated heterocycles. The number of nitrogens with two attached hydrogens (primary N) is 1. The van der Waals surface area contributed by atoms with E-state index < -0.39 is 0 Å². The van der Waals surface area contributed by atoms with Crippen LogP contribution in [0.25, 0.3) is 0 Å². The van der Waals surface area contributed by atoms with Gasteiger partial charge in [0.15, 0.2) is 17.4 Å². The molecule has 2 N–H and O–H groups in total. The van der Waals surface area contributed by atoms with Crippen LogP contribution in [0.5, 0.6) is 11.5 Å². The van der Waals surface area contributed by atoms with Crippen molar-refractivity contribution < 1.29 is 9.47 Å². The van der Waals surface area contributed by atoms with Crippen molar-refractivity contribution in [3.05, 3.63) is 65.0 Å². The van der Waals surface area contributed by atoms with Gasteiger partial charge in [0.2, 0.25) is 0 Å². The van der Waals surface area contributed by atoms with Crippen molar-refractivity contribution in [1.82, 2.24) is 9.55 Å². The summed E-state index contributed by atoms with van der Waals surface area (Å²) in [7, 11) is 5.26. The Labute approximate surface area is 179 Å². The number of hydrogen-bond acceptors (Lipinski definition) is 5. The van der Waals surface area contributed by atoms with Crippen LogP contribution in [0.2, 0.25) is 0 Å². The minimum absolute atomic E-state index is 0.528. The normalized spacial score (nSPS) is 10.8. The number of hydrogen-bond donors (Lipinski definition) is 1. The maximum atomic E-state index is 6.15. The quantitative estimate of drug-likeness (QED) is 0.579. The molecule has 2 aromatic carbocycles. The van der Waals surface area contributed by atoms with Crippen molar-refractivity contribution in [3.63, 3.8) is 0 Å². The summed E-state index contributed by atoms with van der Waals surface area (Å²) in [5, 5.41) is 0. The van der Waals surface area contributed by atoms with Crippen LogP contribution in [0.1, 0.15) is 36.4 Å². The van der Waals surface area contributed by atoms with Crippen LogP contribution in [0.4, 0.5) is 11.6 Å². The third-order valence-electron chi connectivity index (χ3n) is 5.59. The largest absolute Gasteiger partial charge is 0.493 e. The lowest BCUT2D eigenvalue weighted by Crippen LogP contribution is -2.21. The summed E-state index contributed by atoms with van der Waals surface area (Å²) in [6, 6.07) is 14.7. The van der Waals surface area contributed by atoms with E-state index in [4.69, 9.17) is 15.2 Å². The molecular formula is C24H32N4O2. The summed E-state index contributed by atoms with van der Waals surface area (Å²) < 4.78 is 12.8. The first-order valence-corrected chi connectivity index (χ1v) is 10.3. The first-order chi connectivity index (χ1) is 14.5. The molecule has 3 rings (SSSR count). The Morgan fingerprint density at radius 3 is 2.13 bits per heavy atom. The molecule has 6 heteroatoms. The molecule has 0 unspecified atom stereocenters. The number of benzene rings is 2. The van der Waals surface area contributed by atoms with Crippen LogP contribution in [0.15, 0.2) is 42.5 Å². The van der Waals surface area contributed by atoms with Crippen molar-refractivity contribution >= 4 is 11.6 Å². The van der Waals surface area contributed by atoms with Crippen LogP contribution in [-0.2, 0) is 19.9 Å². The van der Waals surface area contributed by atoms with E-state index >= 15 is 0 Å². The number of nitrogen functional groups attached to an aromatic ring is 1. The highest BCUT2D eigenvalue weighted by molar-refractivity contribution is 5.49. The molecule has 0 bridgehead atoms. The lowest BCUT2D eigenvalue weighted by Gasteiger charge is -2.21. The minimum atomic E-state index is 0.528. The molecule has 0 aliphatic carbocycles. The van der Waals surface area contributed by atoms with Crippen LogP contribution in [0.3, 0.4) is 0 Å². The first kappa shape index (κ1) is 21.6. The van der Waals surface area contributed by atoms with Gasteiger partial charge in [0.25, 0.3) is 0 Å². The fourth-order valence-electron chi connectivity index (χ4n) is 3.76. The first-order valence-electron chi connectivity index (χ1n) is 10.3. The molecule has 0 atom stereocenters. The number of nitrogens with zero attached hydrogens (tertiary/aromatic N) is 3. The highest BCUT2D eigenvalue weighted by atomic mass is 16.5. The summed E-state index contributed by atoms with van der Waals surface area (Å²) in [5.74, 6) is 1.96. The average molecular weight is 409 g/mol. The predicted octanol–water partition coefficient (Wildman–Crippen LogP) is 4.05. The Bertz CT molecular complexity index is 976. The molecule has 0 radical (unpaired) electrons. The fourth-order valence-corrected chi connectivity index (χ4v) is 3.76. The third-order valence-corrected chi connectivity index (χ3v) is 5.59. The lowest BCUT2D eigenvalue weighted by molar-refractivity contribution is 0.354. The zero-order valence-electron chi connectivity index (χ0n) is 18.6. The topological polar surface area (TPSA) is 65.5 Å². The molecule has 160 valence electrons. The minimum Gasteiger partial charge on any atom is -0.493 e. The lowest BCUT2D eigenvalue weighted by atomic mass is 10.0. The molecule has 0 aliphatic rings. The zero-order chi connectivity index (χ0) is 21.7. The highest BCUT2D eigenvalue weighted by Gasteiger charge is 2.15. The molecule has 1 aromatic heterocycles.